The topological polar surface area (TPSA) is 52.6 Å². The van der Waals surface area contributed by atoms with Gasteiger partial charge >= 0.3 is 0 Å². The molecule has 1 aromatic carbocycles. The number of fused-ring (bicyclic) bond motifs is 1. The summed E-state index contributed by atoms with van der Waals surface area (Å²) >= 11 is 0. The van der Waals surface area contributed by atoms with Crippen LogP contribution in [-0.4, -0.2) is 23.6 Å². The van der Waals surface area contributed by atoms with Crippen molar-refractivity contribution in [2.75, 3.05) is 16.8 Å². The molecule has 1 aromatic rings. The molecular weight excluding hydrogens is 192 g/mol. The summed E-state index contributed by atoms with van der Waals surface area (Å²) in [5.41, 5.74) is 1.64. The van der Waals surface area contributed by atoms with E-state index < -0.39 is 0 Å². The van der Waals surface area contributed by atoms with Crippen LogP contribution < -0.4 is 10.2 Å². The van der Waals surface area contributed by atoms with Crippen molar-refractivity contribution < 1.29 is 9.90 Å². The highest BCUT2D eigenvalue weighted by Gasteiger charge is 2.25. The first kappa shape index (κ1) is 9.83. The molecule has 0 unspecified atom stereocenters. The second-order valence-electron chi connectivity index (χ2n) is 3.82. The summed E-state index contributed by atoms with van der Waals surface area (Å²) in [5, 5.41) is 12.6. The van der Waals surface area contributed by atoms with Crippen molar-refractivity contribution in [1.29, 1.82) is 0 Å². The highest BCUT2D eigenvalue weighted by Crippen LogP contribution is 2.34. The standard InChI is InChI=1S/C11H14N2O2/c1-7-6-12-10-4-3-9(15)5-11(10)13(7)8(2)14/h3-5,7,12,15H,6H2,1-2H3/t7-/m0/s1. The van der Waals surface area contributed by atoms with E-state index in [9.17, 15) is 9.90 Å². The van der Waals surface area contributed by atoms with Gasteiger partial charge in [0.1, 0.15) is 5.75 Å². The fourth-order valence-corrected chi connectivity index (χ4v) is 1.94. The maximum atomic E-state index is 11.5. The van der Waals surface area contributed by atoms with Crippen LogP contribution in [0.1, 0.15) is 13.8 Å². The van der Waals surface area contributed by atoms with Crippen molar-refractivity contribution in [3.63, 3.8) is 0 Å². The Labute approximate surface area is 88.5 Å². The van der Waals surface area contributed by atoms with Crippen LogP contribution in [0.4, 0.5) is 11.4 Å². The molecule has 1 heterocycles. The molecule has 15 heavy (non-hydrogen) atoms. The van der Waals surface area contributed by atoms with Crippen LogP contribution in [0.5, 0.6) is 5.75 Å². The van der Waals surface area contributed by atoms with Gasteiger partial charge in [0.25, 0.3) is 0 Å². The highest BCUT2D eigenvalue weighted by molar-refractivity contribution is 5.97. The molecule has 4 nitrogen and oxygen atoms in total. The number of carbonyl (C=O) groups excluding carboxylic acids is 1. The van der Waals surface area contributed by atoms with Gasteiger partial charge in [-0.05, 0) is 19.1 Å². The van der Waals surface area contributed by atoms with Crippen LogP contribution in [0.15, 0.2) is 18.2 Å². The van der Waals surface area contributed by atoms with Crippen molar-refractivity contribution in [2.45, 2.75) is 19.9 Å². The summed E-state index contributed by atoms with van der Waals surface area (Å²) in [5.74, 6) is 0.173. The molecule has 0 saturated heterocycles. The van der Waals surface area contributed by atoms with Gasteiger partial charge in [0, 0.05) is 19.5 Å². The number of phenolic OH excluding ortho intramolecular Hbond substituents is 1. The number of hydrogen-bond acceptors (Lipinski definition) is 3. The van der Waals surface area contributed by atoms with Gasteiger partial charge in [-0.2, -0.15) is 0 Å². The first-order valence-corrected chi connectivity index (χ1v) is 4.96. The number of nitrogens with one attached hydrogen (secondary N) is 1. The van der Waals surface area contributed by atoms with Crippen LogP contribution in [0, 0.1) is 0 Å². The molecule has 0 fully saturated rings. The summed E-state index contributed by atoms with van der Waals surface area (Å²) in [6, 6.07) is 5.11. The molecule has 0 aromatic heterocycles. The second kappa shape index (κ2) is 3.46. The normalized spacial score (nSPS) is 19.3. The van der Waals surface area contributed by atoms with Crippen LogP contribution in [0.3, 0.4) is 0 Å². The summed E-state index contributed by atoms with van der Waals surface area (Å²) in [4.78, 5) is 13.2. The molecule has 1 aliphatic heterocycles. The molecule has 0 aliphatic carbocycles. The first-order chi connectivity index (χ1) is 7.09. The molecule has 4 heteroatoms. The average Bonchev–Trinajstić information content (AvgIpc) is 2.16. The van der Waals surface area contributed by atoms with Crippen LogP contribution >= 0.6 is 0 Å². The van der Waals surface area contributed by atoms with E-state index in [-0.39, 0.29) is 17.7 Å². The Balaban J connectivity index is 2.50. The van der Waals surface area contributed by atoms with Gasteiger partial charge in [0.15, 0.2) is 0 Å². The Kier molecular flexibility index (Phi) is 2.26. The van der Waals surface area contributed by atoms with Gasteiger partial charge in [-0.25, -0.2) is 0 Å². The van der Waals surface area contributed by atoms with Gasteiger partial charge in [-0.1, -0.05) is 0 Å². The zero-order valence-electron chi connectivity index (χ0n) is 8.82. The van der Waals surface area contributed by atoms with E-state index in [2.05, 4.69) is 5.32 Å². The Bertz CT molecular complexity index is 404. The Morgan fingerprint density at radius 2 is 2.33 bits per heavy atom. The highest BCUT2D eigenvalue weighted by atomic mass is 16.3. The maximum absolute atomic E-state index is 11.5. The van der Waals surface area contributed by atoms with Crippen LogP contribution in [0.2, 0.25) is 0 Å². The number of benzene rings is 1. The largest absolute Gasteiger partial charge is 0.508 e. The van der Waals surface area contributed by atoms with Crippen molar-refractivity contribution in [2.24, 2.45) is 0 Å². The second-order valence-corrected chi connectivity index (χ2v) is 3.82. The molecular formula is C11H14N2O2. The number of phenols is 1. The Hall–Kier alpha value is -1.71. The fraction of sp³-hybridized carbons (Fsp3) is 0.364. The third-order valence-corrected chi connectivity index (χ3v) is 2.61. The van der Waals surface area contributed by atoms with Gasteiger partial charge in [-0.15, -0.1) is 0 Å². The van der Waals surface area contributed by atoms with Crippen molar-refractivity contribution in [3.05, 3.63) is 18.2 Å². The van der Waals surface area contributed by atoms with E-state index in [0.717, 1.165) is 17.9 Å². The lowest BCUT2D eigenvalue weighted by molar-refractivity contribution is -0.116. The summed E-state index contributed by atoms with van der Waals surface area (Å²) in [7, 11) is 0. The summed E-state index contributed by atoms with van der Waals surface area (Å²) < 4.78 is 0. The number of nitrogens with zero attached hydrogens (tertiary/aromatic N) is 1. The number of hydrogen-bond donors (Lipinski definition) is 2. The fourth-order valence-electron chi connectivity index (χ4n) is 1.94. The molecule has 1 aliphatic rings. The van der Waals surface area contributed by atoms with Crippen molar-refractivity contribution >= 4 is 17.3 Å². The predicted octanol–water partition coefficient (Wildman–Crippen LogP) is 1.56. The molecule has 0 radical (unpaired) electrons. The molecule has 80 valence electrons. The molecule has 2 rings (SSSR count). The molecule has 1 atom stereocenters. The number of amides is 1. The molecule has 0 spiro atoms. The smallest absolute Gasteiger partial charge is 0.224 e. The maximum Gasteiger partial charge on any atom is 0.224 e. The minimum atomic E-state index is -0.00384. The minimum Gasteiger partial charge on any atom is -0.508 e. The Morgan fingerprint density at radius 1 is 1.60 bits per heavy atom. The predicted molar refractivity (Wildman–Crippen MR) is 59.2 cm³/mol. The van der Waals surface area contributed by atoms with E-state index >= 15 is 0 Å². The first-order valence-electron chi connectivity index (χ1n) is 4.96. The number of carbonyl (C=O) groups is 1. The average molecular weight is 206 g/mol. The lowest BCUT2D eigenvalue weighted by atomic mass is 10.1. The number of anilines is 2. The van der Waals surface area contributed by atoms with Gasteiger partial charge in [0.05, 0.1) is 17.4 Å². The van der Waals surface area contributed by atoms with Crippen LogP contribution in [-0.2, 0) is 4.79 Å². The lowest BCUT2D eigenvalue weighted by Gasteiger charge is -2.35. The number of rotatable bonds is 0. The number of aromatic hydroxyl groups is 1. The van der Waals surface area contributed by atoms with Gasteiger partial charge in [-0.3, -0.25) is 4.79 Å². The summed E-state index contributed by atoms with van der Waals surface area (Å²) in [6.07, 6.45) is 0. The Morgan fingerprint density at radius 3 is 3.00 bits per heavy atom. The third-order valence-electron chi connectivity index (χ3n) is 2.61. The molecule has 0 bridgehead atoms. The molecule has 2 N–H and O–H groups in total. The monoisotopic (exact) mass is 206 g/mol. The SMILES string of the molecule is CC(=O)N1c2cc(O)ccc2NC[C@@H]1C. The molecule has 0 saturated carbocycles. The third kappa shape index (κ3) is 1.63. The van der Waals surface area contributed by atoms with Crippen LogP contribution in [0.25, 0.3) is 0 Å². The molecule has 1 amide bonds. The van der Waals surface area contributed by atoms with E-state index in [4.69, 9.17) is 0 Å². The summed E-state index contributed by atoms with van der Waals surface area (Å²) in [6.45, 7) is 4.24. The zero-order valence-corrected chi connectivity index (χ0v) is 8.82. The minimum absolute atomic E-state index is 0.00384. The quantitative estimate of drug-likeness (QED) is 0.633. The van der Waals surface area contributed by atoms with Crippen molar-refractivity contribution in [1.82, 2.24) is 0 Å². The van der Waals surface area contributed by atoms with E-state index in [1.807, 2.05) is 6.92 Å². The lowest BCUT2D eigenvalue weighted by Crippen LogP contribution is -2.44. The van der Waals surface area contributed by atoms with Gasteiger partial charge in [0.2, 0.25) is 5.91 Å². The van der Waals surface area contributed by atoms with E-state index in [0.29, 0.717) is 0 Å². The van der Waals surface area contributed by atoms with Crippen molar-refractivity contribution in [3.8, 4) is 5.75 Å². The van der Waals surface area contributed by atoms with Gasteiger partial charge < -0.3 is 15.3 Å². The van der Waals surface area contributed by atoms with E-state index in [1.165, 1.54) is 6.92 Å². The zero-order chi connectivity index (χ0) is 11.0. The van der Waals surface area contributed by atoms with E-state index in [1.54, 1.807) is 23.1 Å².